The van der Waals surface area contributed by atoms with Crippen LogP contribution in [0.4, 0.5) is 38.1 Å². The first-order valence-electron chi connectivity index (χ1n) is 8.46. The number of amides is 2. The zero-order valence-electron chi connectivity index (χ0n) is 15.7. The van der Waals surface area contributed by atoms with Gasteiger partial charge < -0.3 is 10.1 Å². The molecule has 0 unspecified atom stereocenters. The number of nitrogens with one attached hydrogen (secondary N) is 2. The predicted octanol–water partition coefficient (Wildman–Crippen LogP) is 3.80. The fraction of sp³-hybridized carbons (Fsp3) is 0.235. The Balaban J connectivity index is 1.88. The SMILES string of the molecule is COc1ncc(N(Cc2cc(C(F)(F)F)[nH]n2)C(=O)Nc2cncc(C(F)F)c2)cn1. The summed E-state index contributed by atoms with van der Waals surface area (Å²) in [5, 5.41) is 7.78. The van der Waals surface area contributed by atoms with Gasteiger partial charge in [0.25, 0.3) is 6.43 Å². The van der Waals surface area contributed by atoms with Gasteiger partial charge in [-0.1, -0.05) is 0 Å². The van der Waals surface area contributed by atoms with E-state index in [9.17, 15) is 26.7 Å². The van der Waals surface area contributed by atoms with E-state index in [1.807, 2.05) is 5.10 Å². The smallest absolute Gasteiger partial charge is 0.432 e. The molecule has 31 heavy (non-hydrogen) atoms. The quantitative estimate of drug-likeness (QED) is 0.561. The molecular formula is C17H14F5N7O2. The molecule has 0 aliphatic carbocycles. The van der Waals surface area contributed by atoms with Crippen LogP contribution in [0.1, 0.15) is 23.4 Å². The Labute approximate surface area is 171 Å². The molecule has 9 nitrogen and oxygen atoms in total. The van der Waals surface area contributed by atoms with Crippen molar-refractivity contribution in [3.63, 3.8) is 0 Å². The number of rotatable bonds is 6. The lowest BCUT2D eigenvalue weighted by Gasteiger charge is -2.22. The first-order valence-corrected chi connectivity index (χ1v) is 8.46. The van der Waals surface area contributed by atoms with Gasteiger partial charge >= 0.3 is 18.2 Å². The molecule has 3 aromatic rings. The molecule has 0 spiro atoms. The van der Waals surface area contributed by atoms with Crippen LogP contribution in [0.15, 0.2) is 36.9 Å². The molecule has 164 valence electrons. The van der Waals surface area contributed by atoms with E-state index in [1.54, 1.807) is 0 Å². The highest BCUT2D eigenvalue weighted by atomic mass is 19.4. The van der Waals surface area contributed by atoms with E-state index >= 15 is 0 Å². The Morgan fingerprint density at radius 3 is 2.48 bits per heavy atom. The molecule has 3 heterocycles. The standard InChI is InChI=1S/C17H14F5N7O2/c1-31-15-24-6-12(7-25-15)29(8-11-3-13(28-27-11)17(20,21)22)16(30)26-10-2-9(14(18)19)4-23-5-10/h2-7,14H,8H2,1H3,(H,26,30)(H,27,28). The van der Waals surface area contributed by atoms with Gasteiger partial charge in [0.2, 0.25) is 0 Å². The Morgan fingerprint density at radius 1 is 1.19 bits per heavy atom. The van der Waals surface area contributed by atoms with Crippen molar-refractivity contribution >= 4 is 17.4 Å². The van der Waals surface area contributed by atoms with Crippen molar-refractivity contribution < 1.29 is 31.5 Å². The zero-order valence-corrected chi connectivity index (χ0v) is 15.7. The van der Waals surface area contributed by atoms with Crippen molar-refractivity contribution in [2.24, 2.45) is 0 Å². The summed E-state index contributed by atoms with van der Waals surface area (Å²) in [7, 11) is 1.32. The van der Waals surface area contributed by atoms with Gasteiger partial charge in [0.05, 0.1) is 49.3 Å². The molecule has 0 bridgehead atoms. The van der Waals surface area contributed by atoms with Crippen molar-refractivity contribution in [3.05, 3.63) is 53.9 Å². The molecule has 0 saturated heterocycles. The summed E-state index contributed by atoms with van der Waals surface area (Å²) in [6.07, 6.45) is -2.96. The first-order chi connectivity index (χ1) is 14.7. The largest absolute Gasteiger partial charge is 0.467 e. The number of pyridine rings is 1. The predicted molar refractivity (Wildman–Crippen MR) is 96.6 cm³/mol. The molecule has 3 rings (SSSR count). The molecule has 0 aliphatic heterocycles. The van der Waals surface area contributed by atoms with Gasteiger partial charge in [-0.15, -0.1) is 0 Å². The third kappa shape index (κ3) is 5.40. The highest BCUT2D eigenvalue weighted by Gasteiger charge is 2.33. The van der Waals surface area contributed by atoms with Crippen LogP contribution in [0.5, 0.6) is 6.01 Å². The van der Waals surface area contributed by atoms with Crippen LogP contribution in [0.2, 0.25) is 0 Å². The fourth-order valence-electron chi connectivity index (χ4n) is 2.42. The maximum Gasteiger partial charge on any atom is 0.432 e. The number of hydrogen-bond donors (Lipinski definition) is 2. The highest BCUT2D eigenvalue weighted by Crippen LogP contribution is 2.28. The van der Waals surface area contributed by atoms with E-state index in [4.69, 9.17) is 4.74 Å². The van der Waals surface area contributed by atoms with Crippen LogP contribution in [0.25, 0.3) is 0 Å². The molecule has 3 aromatic heterocycles. The first kappa shape index (κ1) is 21.9. The van der Waals surface area contributed by atoms with Crippen LogP contribution in [-0.2, 0) is 12.7 Å². The molecule has 0 aliphatic rings. The molecular weight excluding hydrogens is 429 g/mol. The van der Waals surface area contributed by atoms with Crippen molar-refractivity contribution in [3.8, 4) is 6.01 Å². The van der Waals surface area contributed by atoms with Gasteiger partial charge in [0.1, 0.15) is 5.69 Å². The summed E-state index contributed by atoms with van der Waals surface area (Å²) < 4.78 is 69.1. The number of alkyl halides is 5. The van der Waals surface area contributed by atoms with Crippen LogP contribution in [-0.4, -0.2) is 38.3 Å². The number of carbonyl (C=O) groups excluding carboxylic acids is 1. The van der Waals surface area contributed by atoms with Crippen molar-refractivity contribution in [2.45, 2.75) is 19.1 Å². The molecule has 0 saturated carbocycles. The van der Waals surface area contributed by atoms with Crippen LogP contribution >= 0.6 is 0 Å². The number of H-pyrrole nitrogens is 1. The normalized spacial score (nSPS) is 11.5. The summed E-state index contributed by atoms with van der Waals surface area (Å²) in [5.74, 6) is 0. The second-order valence-corrected chi connectivity index (χ2v) is 6.02. The fourth-order valence-corrected chi connectivity index (χ4v) is 2.42. The highest BCUT2D eigenvalue weighted by molar-refractivity contribution is 6.01. The van der Waals surface area contributed by atoms with Gasteiger partial charge in [-0.2, -0.15) is 18.3 Å². The summed E-state index contributed by atoms with van der Waals surface area (Å²) in [5.41, 5.74) is -1.58. The average molecular weight is 443 g/mol. The van der Waals surface area contributed by atoms with E-state index in [-0.39, 0.29) is 23.1 Å². The Bertz CT molecular complexity index is 1040. The van der Waals surface area contributed by atoms with Gasteiger partial charge in [0, 0.05) is 11.8 Å². The minimum absolute atomic E-state index is 0.00271. The second kappa shape index (κ2) is 8.89. The van der Waals surface area contributed by atoms with Crippen molar-refractivity contribution in [2.75, 3.05) is 17.3 Å². The molecule has 0 aromatic carbocycles. The van der Waals surface area contributed by atoms with Gasteiger partial charge in [-0.05, 0) is 12.1 Å². The number of urea groups is 1. The number of nitrogens with zero attached hydrogens (tertiary/aromatic N) is 5. The number of ether oxygens (including phenoxy) is 1. The van der Waals surface area contributed by atoms with E-state index in [0.717, 1.165) is 29.4 Å². The van der Waals surface area contributed by atoms with Gasteiger partial charge in [-0.25, -0.2) is 23.5 Å². The Kier molecular flexibility index (Phi) is 6.27. The molecule has 2 amide bonds. The number of aromatic nitrogens is 5. The van der Waals surface area contributed by atoms with Gasteiger partial charge in [0.15, 0.2) is 0 Å². The summed E-state index contributed by atoms with van der Waals surface area (Å²) >= 11 is 0. The molecule has 0 radical (unpaired) electrons. The molecule has 14 heteroatoms. The molecule has 0 atom stereocenters. The average Bonchev–Trinajstić information content (AvgIpc) is 3.21. The van der Waals surface area contributed by atoms with E-state index < -0.39 is 36.4 Å². The van der Waals surface area contributed by atoms with E-state index in [2.05, 4.69) is 25.4 Å². The summed E-state index contributed by atoms with van der Waals surface area (Å²) in [6, 6.07) is 0.897. The third-order valence-corrected chi connectivity index (χ3v) is 3.87. The van der Waals surface area contributed by atoms with Gasteiger partial charge in [-0.3, -0.25) is 15.0 Å². The second-order valence-electron chi connectivity index (χ2n) is 6.02. The lowest BCUT2D eigenvalue weighted by atomic mass is 10.2. The number of carbonyl (C=O) groups is 1. The van der Waals surface area contributed by atoms with Crippen LogP contribution < -0.4 is 15.0 Å². The number of halogens is 5. The minimum Gasteiger partial charge on any atom is -0.467 e. The maximum atomic E-state index is 12.9. The molecule has 2 N–H and O–H groups in total. The van der Waals surface area contributed by atoms with E-state index in [0.29, 0.717) is 0 Å². The lowest BCUT2D eigenvalue weighted by molar-refractivity contribution is -0.141. The van der Waals surface area contributed by atoms with Crippen molar-refractivity contribution in [1.29, 1.82) is 0 Å². The number of aromatic amines is 1. The summed E-state index contributed by atoms with van der Waals surface area (Å²) in [6.45, 7) is -0.407. The van der Waals surface area contributed by atoms with Crippen molar-refractivity contribution in [1.82, 2.24) is 25.1 Å². The summed E-state index contributed by atoms with van der Waals surface area (Å²) in [4.78, 5) is 25.1. The lowest BCUT2D eigenvalue weighted by Crippen LogP contribution is -2.35. The Morgan fingerprint density at radius 2 is 1.90 bits per heavy atom. The Hall–Kier alpha value is -3.84. The van der Waals surface area contributed by atoms with Crippen LogP contribution in [0.3, 0.4) is 0 Å². The van der Waals surface area contributed by atoms with E-state index in [1.165, 1.54) is 19.5 Å². The number of methoxy groups -OCH3 is 1. The monoisotopic (exact) mass is 443 g/mol. The topological polar surface area (TPSA) is 109 Å². The third-order valence-electron chi connectivity index (χ3n) is 3.87. The minimum atomic E-state index is -4.65. The number of anilines is 2. The number of hydrogen-bond acceptors (Lipinski definition) is 6. The molecule has 0 fully saturated rings. The zero-order chi connectivity index (χ0) is 22.6. The maximum absolute atomic E-state index is 12.9. The van der Waals surface area contributed by atoms with Crippen LogP contribution in [0, 0.1) is 0 Å².